The van der Waals surface area contributed by atoms with E-state index in [1.165, 1.54) is 6.07 Å². The van der Waals surface area contributed by atoms with Crippen LogP contribution in [0.25, 0.3) is 0 Å². The van der Waals surface area contributed by atoms with E-state index in [9.17, 15) is 9.18 Å². The first-order valence-electron chi connectivity index (χ1n) is 7.98. The fourth-order valence-electron chi connectivity index (χ4n) is 3.88. The molecule has 2 aliphatic carbocycles. The van der Waals surface area contributed by atoms with E-state index in [0.29, 0.717) is 17.6 Å². The van der Waals surface area contributed by atoms with Crippen molar-refractivity contribution in [1.82, 2.24) is 0 Å². The van der Waals surface area contributed by atoms with Gasteiger partial charge >= 0.3 is 0 Å². The van der Waals surface area contributed by atoms with E-state index < -0.39 is 5.82 Å². The topological polar surface area (TPSA) is 64.3 Å². The minimum absolute atomic E-state index is 0.0214. The maximum absolute atomic E-state index is 14.1. The molecule has 0 heterocycles. The van der Waals surface area contributed by atoms with Crippen LogP contribution in [0.2, 0.25) is 0 Å². The van der Waals surface area contributed by atoms with Gasteiger partial charge in [0, 0.05) is 12.1 Å². The Morgan fingerprint density at radius 1 is 1.36 bits per heavy atom. The molecule has 2 fully saturated rings. The summed E-state index contributed by atoms with van der Waals surface area (Å²) >= 11 is 0. The highest BCUT2D eigenvalue weighted by Gasteiger charge is 2.49. The smallest absolute Gasteiger partial charge is 0.229 e. The molecule has 5 heteroatoms. The molecule has 22 heavy (non-hydrogen) atoms. The first-order valence-corrected chi connectivity index (χ1v) is 7.98. The Bertz CT molecular complexity index is 574. The highest BCUT2D eigenvalue weighted by molar-refractivity contribution is 5.93. The van der Waals surface area contributed by atoms with E-state index in [4.69, 9.17) is 10.5 Å². The predicted octanol–water partition coefficient (Wildman–Crippen LogP) is 2.92. The summed E-state index contributed by atoms with van der Waals surface area (Å²) in [5.41, 5.74) is 6.35. The van der Waals surface area contributed by atoms with Gasteiger partial charge in [-0.05, 0) is 57.1 Å². The van der Waals surface area contributed by atoms with E-state index in [1.54, 1.807) is 12.1 Å². The molecule has 120 valence electrons. The Hall–Kier alpha value is -1.62. The molecule has 3 rings (SSSR count). The number of hydrogen-bond acceptors (Lipinski definition) is 3. The summed E-state index contributed by atoms with van der Waals surface area (Å²) in [6.45, 7) is 3.76. The van der Waals surface area contributed by atoms with Crippen molar-refractivity contribution >= 4 is 11.6 Å². The molecule has 4 unspecified atom stereocenters. The summed E-state index contributed by atoms with van der Waals surface area (Å²) in [6, 6.07) is 4.42. The van der Waals surface area contributed by atoms with Gasteiger partial charge in [-0.3, -0.25) is 4.79 Å². The number of carbonyl (C=O) groups excluding carboxylic acids is 1. The number of hydrogen-bond donors (Lipinski definition) is 2. The van der Waals surface area contributed by atoms with Crippen LogP contribution in [0, 0.1) is 23.6 Å². The average Bonchev–Trinajstić information content (AvgIpc) is 3.01. The number of fused-ring (bicyclic) bond motifs is 2. The fraction of sp³-hybridized carbons (Fsp3) is 0.588. The molecule has 2 aliphatic rings. The quantitative estimate of drug-likeness (QED) is 0.899. The van der Waals surface area contributed by atoms with E-state index in [2.05, 4.69) is 5.32 Å². The van der Waals surface area contributed by atoms with Crippen molar-refractivity contribution in [3.8, 4) is 5.75 Å². The third-order valence-electron chi connectivity index (χ3n) is 4.85. The van der Waals surface area contributed by atoms with Gasteiger partial charge in [-0.1, -0.05) is 0 Å². The van der Waals surface area contributed by atoms with Gasteiger partial charge in [0.1, 0.15) is 11.6 Å². The number of amides is 1. The first kappa shape index (κ1) is 15.3. The van der Waals surface area contributed by atoms with E-state index in [-0.39, 0.29) is 29.7 Å². The largest absolute Gasteiger partial charge is 0.491 e. The molecule has 4 nitrogen and oxygen atoms in total. The maximum Gasteiger partial charge on any atom is 0.229 e. The van der Waals surface area contributed by atoms with Crippen LogP contribution in [0.15, 0.2) is 18.2 Å². The lowest BCUT2D eigenvalue weighted by atomic mass is 9.84. The summed E-state index contributed by atoms with van der Waals surface area (Å²) in [5, 5.41) is 2.70. The predicted molar refractivity (Wildman–Crippen MR) is 83.1 cm³/mol. The van der Waals surface area contributed by atoms with Gasteiger partial charge in [-0.2, -0.15) is 0 Å². The average molecular weight is 306 g/mol. The molecule has 3 N–H and O–H groups in total. The molecule has 0 aromatic heterocycles. The fourth-order valence-corrected chi connectivity index (χ4v) is 3.88. The maximum atomic E-state index is 14.1. The number of nitrogens with two attached hydrogens (primary N) is 1. The highest BCUT2D eigenvalue weighted by atomic mass is 19.1. The number of nitrogens with one attached hydrogen (secondary N) is 1. The van der Waals surface area contributed by atoms with Crippen molar-refractivity contribution in [3.05, 3.63) is 24.0 Å². The molecule has 1 aromatic carbocycles. The van der Waals surface area contributed by atoms with Crippen LogP contribution < -0.4 is 15.8 Å². The van der Waals surface area contributed by atoms with Crippen molar-refractivity contribution in [2.45, 2.75) is 45.3 Å². The van der Waals surface area contributed by atoms with E-state index in [0.717, 1.165) is 19.3 Å². The lowest BCUT2D eigenvalue weighted by Gasteiger charge is -2.27. The molecule has 0 saturated heterocycles. The van der Waals surface area contributed by atoms with Crippen molar-refractivity contribution in [1.29, 1.82) is 0 Å². The minimum Gasteiger partial charge on any atom is -0.491 e. The van der Waals surface area contributed by atoms with Crippen LogP contribution in [-0.2, 0) is 4.79 Å². The summed E-state index contributed by atoms with van der Waals surface area (Å²) < 4.78 is 19.5. The Kier molecular flexibility index (Phi) is 4.08. The number of benzene rings is 1. The second-order valence-electron chi connectivity index (χ2n) is 6.73. The number of rotatable bonds is 4. The standard InChI is InChI=1S/C17H23FN2O2/c1-9(2)22-12-5-6-14(13(18)8-12)20-17(21)15-10-3-4-11(7-10)16(15)19/h5-6,8-11,15-16H,3-4,7,19H2,1-2H3,(H,20,21). The summed E-state index contributed by atoms with van der Waals surface area (Å²) in [5.74, 6) is 0.435. The molecule has 0 radical (unpaired) electrons. The van der Waals surface area contributed by atoms with Crippen LogP contribution in [0.3, 0.4) is 0 Å². The summed E-state index contributed by atoms with van der Waals surface area (Å²) in [7, 11) is 0. The van der Waals surface area contributed by atoms with Gasteiger partial charge in [0.25, 0.3) is 0 Å². The molecule has 2 bridgehead atoms. The Morgan fingerprint density at radius 2 is 2.09 bits per heavy atom. The van der Waals surface area contributed by atoms with Crippen LogP contribution >= 0.6 is 0 Å². The van der Waals surface area contributed by atoms with Gasteiger partial charge in [0.05, 0.1) is 17.7 Å². The van der Waals surface area contributed by atoms with Gasteiger partial charge in [0.15, 0.2) is 0 Å². The van der Waals surface area contributed by atoms with Crippen LogP contribution in [-0.4, -0.2) is 18.1 Å². The van der Waals surface area contributed by atoms with Crippen LogP contribution in [0.1, 0.15) is 33.1 Å². The highest BCUT2D eigenvalue weighted by Crippen LogP contribution is 2.48. The second kappa shape index (κ2) is 5.88. The molecular weight excluding hydrogens is 283 g/mol. The zero-order valence-electron chi connectivity index (χ0n) is 13.0. The second-order valence-corrected chi connectivity index (χ2v) is 6.73. The van der Waals surface area contributed by atoms with Gasteiger partial charge < -0.3 is 15.8 Å². The van der Waals surface area contributed by atoms with E-state index in [1.807, 2.05) is 13.8 Å². The molecule has 1 aromatic rings. The van der Waals surface area contributed by atoms with Crippen molar-refractivity contribution < 1.29 is 13.9 Å². The molecular formula is C17H23FN2O2. The monoisotopic (exact) mass is 306 g/mol. The summed E-state index contributed by atoms with van der Waals surface area (Å²) in [4.78, 5) is 12.4. The third kappa shape index (κ3) is 2.82. The molecule has 0 spiro atoms. The third-order valence-corrected chi connectivity index (χ3v) is 4.85. The number of anilines is 1. The Balaban J connectivity index is 1.69. The zero-order valence-corrected chi connectivity index (χ0v) is 13.0. The summed E-state index contributed by atoms with van der Waals surface area (Å²) in [6.07, 6.45) is 3.18. The Labute approximate surface area is 130 Å². The zero-order chi connectivity index (χ0) is 15.9. The SMILES string of the molecule is CC(C)Oc1ccc(NC(=O)C2C3CCC(C3)C2N)c(F)c1. The lowest BCUT2D eigenvalue weighted by molar-refractivity contribution is -0.121. The van der Waals surface area contributed by atoms with Crippen molar-refractivity contribution in [3.63, 3.8) is 0 Å². The van der Waals surface area contributed by atoms with Crippen molar-refractivity contribution in [2.24, 2.45) is 23.5 Å². The number of carbonyl (C=O) groups is 1. The number of halogens is 1. The molecule has 1 amide bonds. The lowest BCUT2D eigenvalue weighted by Crippen LogP contribution is -2.42. The van der Waals surface area contributed by atoms with E-state index >= 15 is 0 Å². The first-order chi connectivity index (χ1) is 10.5. The van der Waals surface area contributed by atoms with Gasteiger partial charge in [-0.15, -0.1) is 0 Å². The van der Waals surface area contributed by atoms with Crippen LogP contribution in [0.5, 0.6) is 5.75 Å². The van der Waals surface area contributed by atoms with Gasteiger partial charge in [0.2, 0.25) is 5.91 Å². The van der Waals surface area contributed by atoms with Gasteiger partial charge in [-0.25, -0.2) is 4.39 Å². The normalized spacial score (nSPS) is 29.9. The van der Waals surface area contributed by atoms with Crippen molar-refractivity contribution in [2.75, 3.05) is 5.32 Å². The van der Waals surface area contributed by atoms with Crippen LogP contribution in [0.4, 0.5) is 10.1 Å². The Morgan fingerprint density at radius 3 is 2.68 bits per heavy atom. The molecule has 0 aliphatic heterocycles. The molecule has 4 atom stereocenters. The number of ether oxygens (including phenoxy) is 1. The minimum atomic E-state index is -0.483. The molecule has 2 saturated carbocycles.